The molecule has 2 aromatic rings. The van der Waals surface area contributed by atoms with E-state index in [0.29, 0.717) is 16.3 Å². The normalized spacial score (nSPS) is 12.1. The molecule has 2 N–H and O–H groups in total. The summed E-state index contributed by atoms with van der Waals surface area (Å²) in [4.78, 5) is 4.50. The van der Waals surface area contributed by atoms with Crippen LogP contribution in [0.1, 0.15) is 37.8 Å². The van der Waals surface area contributed by atoms with Crippen LogP contribution in [0.15, 0.2) is 24.3 Å². The zero-order valence-corrected chi connectivity index (χ0v) is 11.9. The van der Waals surface area contributed by atoms with Gasteiger partial charge in [-0.25, -0.2) is 13.8 Å². The minimum absolute atomic E-state index is 0.0118. The molecule has 102 valence electrons. The third-order valence-corrected chi connectivity index (χ3v) is 4.02. The average molecular weight is 282 g/mol. The standard InChI is InChI=1S/C14H16F2N2S/c1-14(2,3)13-18-10(12(17)19-13)8-5-4-6-9(7-8)11(15)16/h4-7,11H,17H2,1-3H3. The Labute approximate surface area is 115 Å². The molecule has 1 aromatic carbocycles. The van der Waals surface area contributed by atoms with Gasteiger partial charge in [-0.05, 0) is 6.07 Å². The molecule has 0 spiro atoms. The van der Waals surface area contributed by atoms with Gasteiger partial charge >= 0.3 is 0 Å². The van der Waals surface area contributed by atoms with Crippen LogP contribution < -0.4 is 5.73 Å². The highest BCUT2D eigenvalue weighted by atomic mass is 32.1. The molecule has 2 rings (SSSR count). The first-order valence-corrected chi connectivity index (χ1v) is 6.76. The number of halogens is 2. The summed E-state index contributed by atoms with van der Waals surface area (Å²) in [6, 6.07) is 6.21. The Morgan fingerprint density at radius 2 is 1.95 bits per heavy atom. The van der Waals surface area contributed by atoms with Crippen LogP contribution in [0, 0.1) is 0 Å². The molecule has 2 nitrogen and oxygen atoms in total. The molecular weight excluding hydrogens is 266 g/mol. The highest BCUT2D eigenvalue weighted by Crippen LogP contribution is 2.37. The molecule has 0 atom stereocenters. The molecule has 0 fully saturated rings. The zero-order valence-electron chi connectivity index (χ0n) is 11.1. The predicted octanol–water partition coefficient (Wildman–Crippen LogP) is 4.63. The maximum atomic E-state index is 12.7. The van der Waals surface area contributed by atoms with Gasteiger partial charge < -0.3 is 5.73 Å². The zero-order chi connectivity index (χ0) is 14.2. The van der Waals surface area contributed by atoms with Gasteiger partial charge in [0, 0.05) is 16.5 Å². The molecule has 0 saturated carbocycles. The van der Waals surface area contributed by atoms with Crippen molar-refractivity contribution in [2.45, 2.75) is 32.6 Å². The van der Waals surface area contributed by atoms with Gasteiger partial charge in [0.05, 0.1) is 0 Å². The van der Waals surface area contributed by atoms with Crippen LogP contribution in [0.4, 0.5) is 13.8 Å². The van der Waals surface area contributed by atoms with Crippen molar-refractivity contribution in [1.29, 1.82) is 0 Å². The average Bonchev–Trinajstić information content (AvgIpc) is 2.71. The van der Waals surface area contributed by atoms with Crippen LogP contribution >= 0.6 is 11.3 Å². The second kappa shape index (κ2) is 4.89. The van der Waals surface area contributed by atoms with Crippen molar-refractivity contribution >= 4 is 16.3 Å². The summed E-state index contributed by atoms with van der Waals surface area (Å²) in [5.41, 5.74) is 7.09. The summed E-state index contributed by atoms with van der Waals surface area (Å²) >= 11 is 1.41. The lowest BCUT2D eigenvalue weighted by Crippen LogP contribution is -2.10. The first kappa shape index (κ1) is 13.9. The van der Waals surface area contributed by atoms with Crippen LogP contribution in [0.5, 0.6) is 0 Å². The van der Waals surface area contributed by atoms with Gasteiger partial charge in [0.2, 0.25) is 0 Å². The van der Waals surface area contributed by atoms with Crippen LogP contribution in [0.3, 0.4) is 0 Å². The van der Waals surface area contributed by atoms with Crippen LogP contribution in [0.25, 0.3) is 11.3 Å². The minimum atomic E-state index is -2.48. The molecule has 0 aliphatic heterocycles. The monoisotopic (exact) mass is 282 g/mol. The third-order valence-electron chi connectivity index (χ3n) is 2.71. The number of benzene rings is 1. The van der Waals surface area contributed by atoms with Gasteiger partial charge in [-0.2, -0.15) is 0 Å². The summed E-state index contributed by atoms with van der Waals surface area (Å²) in [5, 5.41) is 1.47. The molecule has 0 bridgehead atoms. The Hall–Kier alpha value is -1.49. The number of hydrogen-bond acceptors (Lipinski definition) is 3. The number of hydrogen-bond donors (Lipinski definition) is 1. The van der Waals surface area contributed by atoms with Gasteiger partial charge in [-0.1, -0.05) is 39.0 Å². The molecule has 19 heavy (non-hydrogen) atoms. The van der Waals surface area contributed by atoms with E-state index in [1.165, 1.54) is 23.5 Å². The molecular formula is C14H16F2N2S. The highest BCUT2D eigenvalue weighted by Gasteiger charge is 2.21. The fourth-order valence-corrected chi connectivity index (χ4v) is 2.59. The maximum Gasteiger partial charge on any atom is 0.263 e. The first-order valence-electron chi connectivity index (χ1n) is 5.94. The van der Waals surface area contributed by atoms with E-state index in [0.717, 1.165) is 5.01 Å². The van der Waals surface area contributed by atoms with Gasteiger partial charge in [-0.3, -0.25) is 0 Å². The molecule has 0 radical (unpaired) electrons. The number of aromatic nitrogens is 1. The van der Waals surface area contributed by atoms with Gasteiger partial charge in [0.25, 0.3) is 6.43 Å². The number of anilines is 1. The second-order valence-electron chi connectivity index (χ2n) is 5.41. The molecule has 0 amide bonds. The van der Waals surface area contributed by atoms with Crippen molar-refractivity contribution in [2.75, 3.05) is 5.73 Å². The molecule has 1 heterocycles. The quantitative estimate of drug-likeness (QED) is 0.872. The molecule has 0 saturated heterocycles. The Bertz CT molecular complexity index is 585. The fraction of sp³-hybridized carbons (Fsp3) is 0.357. The van der Waals surface area contributed by atoms with Crippen molar-refractivity contribution in [3.05, 3.63) is 34.8 Å². The Kier molecular flexibility index (Phi) is 3.58. The predicted molar refractivity (Wildman–Crippen MR) is 75.6 cm³/mol. The van der Waals surface area contributed by atoms with E-state index < -0.39 is 6.43 Å². The van der Waals surface area contributed by atoms with Crippen molar-refractivity contribution in [2.24, 2.45) is 0 Å². The lowest BCUT2D eigenvalue weighted by atomic mass is 9.98. The lowest BCUT2D eigenvalue weighted by molar-refractivity contribution is 0.151. The van der Waals surface area contributed by atoms with E-state index in [9.17, 15) is 8.78 Å². The van der Waals surface area contributed by atoms with Gasteiger partial charge in [-0.15, -0.1) is 11.3 Å². The third kappa shape index (κ3) is 2.92. The van der Waals surface area contributed by atoms with Gasteiger partial charge in [0.1, 0.15) is 15.7 Å². The Balaban J connectivity index is 2.47. The second-order valence-corrected chi connectivity index (χ2v) is 6.44. The topological polar surface area (TPSA) is 38.9 Å². The Morgan fingerprint density at radius 3 is 2.47 bits per heavy atom. The SMILES string of the molecule is CC(C)(C)c1nc(-c2cccc(C(F)F)c2)c(N)s1. The molecule has 1 aromatic heterocycles. The molecule has 0 unspecified atom stereocenters. The molecule has 0 aliphatic rings. The van der Waals surface area contributed by atoms with E-state index in [1.807, 2.05) is 20.8 Å². The van der Waals surface area contributed by atoms with Crippen LogP contribution in [0.2, 0.25) is 0 Å². The fourth-order valence-electron chi connectivity index (χ4n) is 1.68. The van der Waals surface area contributed by atoms with Crippen molar-refractivity contribution < 1.29 is 8.78 Å². The van der Waals surface area contributed by atoms with Gasteiger partial charge in [0.15, 0.2) is 0 Å². The Morgan fingerprint density at radius 1 is 1.26 bits per heavy atom. The number of alkyl halides is 2. The van der Waals surface area contributed by atoms with Crippen molar-refractivity contribution in [3.8, 4) is 11.3 Å². The van der Waals surface area contributed by atoms with E-state index >= 15 is 0 Å². The van der Waals surface area contributed by atoms with Crippen LogP contribution in [-0.2, 0) is 5.41 Å². The number of nitrogens with zero attached hydrogens (tertiary/aromatic N) is 1. The van der Waals surface area contributed by atoms with E-state index in [-0.39, 0.29) is 11.0 Å². The van der Waals surface area contributed by atoms with Crippen LogP contribution in [-0.4, -0.2) is 4.98 Å². The lowest BCUT2D eigenvalue weighted by Gasteiger charge is -2.13. The van der Waals surface area contributed by atoms with E-state index in [4.69, 9.17) is 5.73 Å². The number of nitrogens with two attached hydrogens (primary N) is 1. The van der Waals surface area contributed by atoms with Crippen molar-refractivity contribution in [1.82, 2.24) is 4.98 Å². The summed E-state index contributed by atoms with van der Waals surface area (Å²) in [7, 11) is 0. The minimum Gasteiger partial charge on any atom is -0.389 e. The maximum absolute atomic E-state index is 12.7. The summed E-state index contributed by atoms with van der Waals surface area (Å²) in [5.74, 6) is 0. The first-order chi connectivity index (χ1) is 8.79. The van der Waals surface area contributed by atoms with Crippen molar-refractivity contribution in [3.63, 3.8) is 0 Å². The van der Waals surface area contributed by atoms with E-state index in [1.54, 1.807) is 12.1 Å². The number of thiazole rings is 1. The smallest absolute Gasteiger partial charge is 0.263 e. The molecule has 0 aliphatic carbocycles. The summed E-state index contributed by atoms with van der Waals surface area (Å²) < 4.78 is 25.4. The summed E-state index contributed by atoms with van der Waals surface area (Å²) in [6.45, 7) is 6.14. The molecule has 5 heteroatoms. The number of nitrogen functional groups attached to an aromatic ring is 1. The van der Waals surface area contributed by atoms with E-state index in [2.05, 4.69) is 4.98 Å². The largest absolute Gasteiger partial charge is 0.389 e. The highest BCUT2D eigenvalue weighted by molar-refractivity contribution is 7.16. The summed E-state index contributed by atoms with van der Waals surface area (Å²) in [6.07, 6.45) is -2.48. The number of rotatable bonds is 2.